The lowest BCUT2D eigenvalue weighted by Gasteiger charge is -1.97. The Labute approximate surface area is 96.9 Å². The van der Waals surface area contributed by atoms with Crippen LogP contribution in [0, 0.1) is 18.3 Å². The molecule has 0 atom stereocenters. The monoisotopic (exact) mass is 228 g/mol. The molecule has 0 aliphatic carbocycles. The van der Waals surface area contributed by atoms with E-state index in [0.717, 1.165) is 0 Å². The normalized spacial score (nSPS) is 9.88. The van der Waals surface area contributed by atoms with Crippen molar-refractivity contribution in [3.8, 4) is 17.3 Å². The fourth-order valence-corrected chi connectivity index (χ4v) is 1.47. The van der Waals surface area contributed by atoms with E-state index in [9.17, 15) is 4.79 Å². The molecule has 5 nitrogen and oxygen atoms in total. The summed E-state index contributed by atoms with van der Waals surface area (Å²) in [6.45, 7) is 1.58. The third-order valence-corrected chi connectivity index (χ3v) is 2.22. The summed E-state index contributed by atoms with van der Waals surface area (Å²) >= 11 is 0. The van der Waals surface area contributed by atoms with Gasteiger partial charge in [0.25, 0.3) is 0 Å². The summed E-state index contributed by atoms with van der Waals surface area (Å²) in [7, 11) is 0. The zero-order valence-electron chi connectivity index (χ0n) is 8.97. The van der Waals surface area contributed by atoms with E-state index in [0.29, 0.717) is 17.0 Å². The average molecular weight is 228 g/mol. The topological polar surface area (TPSA) is 87.1 Å². The van der Waals surface area contributed by atoms with Crippen molar-refractivity contribution in [1.29, 1.82) is 5.26 Å². The van der Waals surface area contributed by atoms with E-state index in [1.807, 2.05) is 6.07 Å². The maximum atomic E-state index is 10.9. The number of carboxylic acids is 1. The van der Waals surface area contributed by atoms with Gasteiger partial charge in [0.15, 0.2) is 5.89 Å². The molecule has 0 amide bonds. The molecular formula is C12H8N2O3. The number of aromatic nitrogens is 1. The molecule has 0 saturated carbocycles. The van der Waals surface area contributed by atoms with Crippen molar-refractivity contribution in [2.24, 2.45) is 0 Å². The molecule has 1 N–H and O–H groups in total. The van der Waals surface area contributed by atoms with E-state index < -0.39 is 5.97 Å². The molecule has 1 heterocycles. The predicted octanol–water partition coefficient (Wildman–Crippen LogP) is 2.22. The highest BCUT2D eigenvalue weighted by atomic mass is 16.4. The molecule has 0 spiro atoms. The first-order chi connectivity index (χ1) is 8.11. The minimum absolute atomic E-state index is 0.188. The summed E-state index contributed by atoms with van der Waals surface area (Å²) in [5.74, 6) is -1.06. The number of hydrogen-bond donors (Lipinski definition) is 1. The molecule has 0 bridgehead atoms. The molecule has 0 saturated heterocycles. The molecule has 5 heteroatoms. The van der Waals surface area contributed by atoms with Crippen LogP contribution in [0.1, 0.15) is 22.0 Å². The van der Waals surface area contributed by atoms with Crippen LogP contribution in [0.5, 0.6) is 0 Å². The second-order valence-electron chi connectivity index (χ2n) is 3.40. The summed E-state index contributed by atoms with van der Waals surface area (Å²) < 4.78 is 5.01. The Morgan fingerprint density at radius 3 is 2.59 bits per heavy atom. The Balaban J connectivity index is 2.52. The molecule has 2 aromatic rings. The van der Waals surface area contributed by atoms with Gasteiger partial charge < -0.3 is 9.52 Å². The standard InChI is InChI=1S/C12H8N2O3/c1-7-14-10(11(17-7)12(15)16)9-4-2-8(6-13)3-5-9/h2-5H,1H3,(H,15,16). The number of carbonyl (C=O) groups is 1. The zero-order valence-corrected chi connectivity index (χ0v) is 8.97. The first-order valence-electron chi connectivity index (χ1n) is 4.83. The van der Waals surface area contributed by atoms with Gasteiger partial charge in [-0.15, -0.1) is 0 Å². The van der Waals surface area contributed by atoms with Gasteiger partial charge in [-0.3, -0.25) is 0 Å². The lowest BCUT2D eigenvalue weighted by molar-refractivity contribution is 0.0662. The smallest absolute Gasteiger partial charge is 0.374 e. The first kappa shape index (κ1) is 10.9. The minimum Gasteiger partial charge on any atom is -0.475 e. The Morgan fingerprint density at radius 1 is 1.41 bits per heavy atom. The van der Waals surface area contributed by atoms with Crippen molar-refractivity contribution in [3.63, 3.8) is 0 Å². The van der Waals surface area contributed by atoms with E-state index in [1.54, 1.807) is 31.2 Å². The maximum absolute atomic E-state index is 10.9. The highest BCUT2D eigenvalue weighted by molar-refractivity contribution is 5.91. The first-order valence-corrected chi connectivity index (χ1v) is 4.83. The molecule has 0 aliphatic heterocycles. The molecule has 2 rings (SSSR count). The van der Waals surface area contributed by atoms with Gasteiger partial charge in [-0.05, 0) is 12.1 Å². The Kier molecular flexibility index (Phi) is 2.63. The molecule has 0 aliphatic rings. The second kappa shape index (κ2) is 4.10. The number of oxazole rings is 1. The van der Waals surface area contributed by atoms with Crippen LogP contribution in [0.15, 0.2) is 28.7 Å². The van der Waals surface area contributed by atoms with Crippen LogP contribution in [0.2, 0.25) is 0 Å². The van der Waals surface area contributed by atoms with E-state index in [-0.39, 0.29) is 11.5 Å². The molecular weight excluding hydrogens is 220 g/mol. The van der Waals surface area contributed by atoms with Gasteiger partial charge in [-0.25, -0.2) is 9.78 Å². The van der Waals surface area contributed by atoms with E-state index >= 15 is 0 Å². The van der Waals surface area contributed by atoms with Gasteiger partial charge in [0.2, 0.25) is 5.76 Å². The van der Waals surface area contributed by atoms with Crippen molar-refractivity contribution in [2.75, 3.05) is 0 Å². The van der Waals surface area contributed by atoms with Crippen LogP contribution in [0.25, 0.3) is 11.3 Å². The SMILES string of the molecule is Cc1nc(-c2ccc(C#N)cc2)c(C(=O)O)o1. The van der Waals surface area contributed by atoms with Crippen LogP contribution in [0.4, 0.5) is 0 Å². The van der Waals surface area contributed by atoms with Crippen molar-refractivity contribution < 1.29 is 14.3 Å². The average Bonchev–Trinajstić information content (AvgIpc) is 2.72. The highest BCUT2D eigenvalue weighted by Crippen LogP contribution is 2.24. The Morgan fingerprint density at radius 2 is 2.06 bits per heavy atom. The lowest BCUT2D eigenvalue weighted by Crippen LogP contribution is -1.96. The third kappa shape index (κ3) is 2.01. The minimum atomic E-state index is -1.16. The molecule has 1 aromatic heterocycles. The van der Waals surface area contributed by atoms with Crippen LogP contribution >= 0.6 is 0 Å². The zero-order chi connectivity index (χ0) is 12.4. The van der Waals surface area contributed by atoms with Gasteiger partial charge in [-0.2, -0.15) is 5.26 Å². The highest BCUT2D eigenvalue weighted by Gasteiger charge is 2.19. The van der Waals surface area contributed by atoms with Crippen molar-refractivity contribution in [1.82, 2.24) is 4.98 Å². The van der Waals surface area contributed by atoms with Gasteiger partial charge in [0, 0.05) is 12.5 Å². The fourth-order valence-electron chi connectivity index (χ4n) is 1.47. The number of rotatable bonds is 2. The molecule has 17 heavy (non-hydrogen) atoms. The van der Waals surface area contributed by atoms with Gasteiger partial charge in [-0.1, -0.05) is 12.1 Å². The van der Waals surface area contributed by atoms with Crippen LogP contribution < -0.4 is 0 Å². The van der Waals surface area contributed by atoms with Gasteiger partial charge in [0.1, 0.15) is 5.69 Å². The van der Waals surface area contributed by atoms with Gasteiger partial charge in [0.05, 0.1) is 11.6 Å². The van der Waals surface area contributed by atoms with Crippen molar-refractivity contribution >= 4 is 5.97 Å². The predicted molar refractivity (Wildman–Crippen MR) is 58.4 cm³/mol. The number of nitrogens with zero attached hydrogens (tertiary/aromatic N) is 2. The number of carboxylic acid groups (broad SMARTS) is 1. The maximum Gasteiger partial charge on any atom is 0.374 e. The number of aryl methyl sites for hydroxylation is 1. The van der Waals surface area contributed by atoms with E-state index in [4.69, 9.17) is 14.8 Å². The summed E-state index contributed by atoms with van der Waals surface area (Å²) in [6.07, 6.45) is 0. The molecule has 1 aromatic carbocycles. The fraction of sp³-hybridized carbons (Fsp3) is 0.0833. The van der Waals surface area contributed by atoms with E-state index in [1.165, 1.54) is 0 Å². The van der Waals surface area contributed by atoms with E-state index in [2.05, 4.69) is 4.98 Å². The summed E-state index contributed by atoms with van der Waals surface area (Å²) in [5.41, 5.74) is 1.39. The lowest BCUT2D eigenvalue weighted by atomic mass is 10.1. The number of nitriles is 1. The molecule has 0 fully saturated rings. The summed E-state index contributed by atoms with van der Waals surface area (Å²) in [4.78, 5) is 15.0. The van der Waals surface area contributed by atoms with Crippen molar-refractivity contribution in [3.05, 3.63) is 41.5 Å². The second-order valence-corrected chi connectivity index (χ2v) is 3.40. The number of aromatic carboxylic acids is 1. The molecule has 0 radical (unpaired) electrons. The van der Waals surface area contributed by atoms with Gasteiger partial charge >= 0.3 is 5.97 Å². The van der Waals surface area contributed by atoms with Crippen LogP contribution in [-0.4, -0.2) is 16.1 Å². The largest absolute Gasteiger partial charge is 0.475 e. The summed E-state index contributed by atoms with van der Waals surface area (Å²) in [5, 5.41) is 17.6. The molecule has 0 unspecified atom stereocenters. The number of hydrogen-bond acceptors (Lipinski definition) is 4. The van der Waals surface area contributed by atoms with Crippen LogP contribution in [0.3, 0.4) is 0 Å². The van der Waals surface area contributed by atoms with Crippen molar-refractivity contribution in [2.45, 2.75) is 6.92 Å². The number of benzene rings is 1. The van der Waals surface area contributed by atoms with Crippen LogP contribution in [-0.2, 0) is 0 Å². The Hall–Kier alpha value is -2.61. The third-order valence-electron chi connectivity index (χ3n) is 2.22. The molecule has 84 valence electrons. The Bertz CT molecular complexity index is 606. The summed E-state index contributed by atoms with van der Waals surface area (Å²) in [6, 6.07) is 8.47. The quantitative estimate of drug-likeness (QED) is 0.851.